The quantitative estimate of drug-likeness (QED) is 0.876. The van der Waals surface area contributed by atoms with Crippen LogP contribution in [0.1, 0.15) is 13.8 Å². The summed E-state index contributed by atoms with van der Waals surface area (Å²) in [6.45, 7) is 5.99. The third-order valence-electron chi connectivity index (χ3n) is 3.30. The van der Waals surface area contributed by atoms with Crippen molar-refractivity contribution in [1.29, 1.82) is 0 Å². The normalized spacial score (nSPS) is 25.7. The Morgan fingerprint density at radius 2 is 1.76 bits per heavy atom. The summed E-state index contributed by atoms with van der Waals surface area (Å²) in [7, 11) is 0. The average molecular weight is 353 g/mol. The van der Waals surface area contributed by atoms with Crippen LogP contribution in [0.25, 0.3) is 0 Å². The number of nitrogens with one attached hydrogen (secondary N) is 2. The van der Waals surface area contributed by atoms with Crippen LogP contribution in [0, 0.1) is 0 Å². The number of amides is 1. The molecule has 1 aromatic rings. The molecular formula is C14H18Cl3N2O2+. The highest BCUT2D eigenvalue weighted by atomic mass is 35.5. The highest BCUT2D eigenvalue weighted by molar-refractivity contribution is 6.42. The summed E-state index contributed by atoms with van der Waals surface area (Å²) >= 11 is 18.0. The molecule has 21 heavy (non-hydrogen) atoms. The van der Waals surface area contributed by atoms with Crippen molar-refractivity contribution in [3.63, 3.8) is 0 Å². The van der Waals surface area contributed by atoms with Gasteiger partial charge in [-0.1, -0.05) is 34.8 Å². The summed E-state index contributed by atoms with van der Waals surface area (Å²) in [6.07, 6.45) is 0.304. The van der Waals surface area contributed by atoms with E-state index in [1.165, 1.54) is 4.90 Å². The maximum Gasteiger partial charge on any atom is 0.279 e. The predicted octanol–water partition coefficient (Wildman–Crippen LogP) is 2.28. The minimum absolute atomic E-state index is 0.127. The Hall–Kier alpha value is -0.520. The second kappa shape index (κ2) is 7.16. The molecule has 7 heteroatoms. The van der Waals surface area contributed by atoms with Crippen molar-refractivity contribution in [2.45, 2.75) is 26.1 Å². The number of anilines is 1. The molecule has 4 nitrogen and oxygen atoms in total. The standard InChI is InChI=1S/C14H17Cl3N2O2/c1-8-5-19(6-9(2)21-8)7-13(20)18-14-11(16)3-10(15)4-12(14)17/h3-4,8-9H,5-7H2,1-2H3,(H,18,20)/p+1/t8-,9-/m0/s1. The molecule has 0 unspecified atom stereocenters. The number of hydrogen-bond acceptors (Lipinski definition) is 2. The van der Waals surface area contributed by atoms with Crippen LogP contribution < -0.4 is 10.2 Å². The minimum Gasteiger partial charge on any atom is -0.364 e. The lowest BCUT2D eigenvalue weighted by molar-refractivity contribution is -0.907. The van der Waals surface area contributed by atoms with Gasteiger partial charge in [0.05, 0.1) is 15.7 Å². The number of carbonyl (C=O) groups excluding carboxylic acids is 1. The van der Waals surface area contributed by atoms with Crippen molar-refractivity contribution in [2.24, 2.45) is 0 Å². The molecule has 2 atom stereocenters. The third-order valence-corrected chi connectivity index (χ3v) is 4.11. The van der Waals surface area contributed by atoms with Crippen LogP contribution in [0.4, 0.5) is 5.69 Å². The van der Waals surface area contributed by atoms with Crippen LogP contribution in [0.5, 0.6) is 0 Å². The lowest BCUT2D eigenvalue weighted by atomic mass is 10.2. The zero-order chi connectivity index (χ0) is 15.6. The van der Waals surface area contributed by atoms with E-state index in [4.69, 9.17) is 39.5 Å². The van der Waals surface area contributed by atoms with Gasteiger partial charge in [-0.2, -0.15) is 0 Å². The van der Waals surface area contributed by atoms with Crippen molar-refractivity contribution in [3.8, 4) is 0 Å². The Kier molecular flexibility index (Phi) is 5.74. The van der Waals surface area contributed by atoms with Gasteiger partial charge in [0.15, 0.2) is 6.54 Å². The first kappa shape index (κ1) is 16.8. The van der Waals surface area contributed by atoms with Gasteiger partial charge in [0.25, 0.3) is 5.91 Å². The Morgan fingerprint density at radius 3 is 2.29 bits per heavy atom. The number of quaternary nitrogens is 1. The number of carbonyl (C=O) groups is 1. The maximum atomic E-state index is 12.2. The number of rotatable bonds is 3. The van der Waals surface area contributed by atoms with Crippen LogP contribution in [0.15, 0.2) is 12.1 Å². The van der Waals surface area contributed by atoms with E-state index in [0.717, 1.165) is 13.1 Å². The Morgan fingerprint density at radius 1 is 1.24 bits per heavy atom. The molecule has 0 aliphatic carbocycles. The van der Waals surface area contributed by atoms with Crippen LogP contribution in [0.3, 0.4) is 0 Å². The van der Waals surface area contributed by atoms with E-state index in [2.05, 4.69) is 5.32 Å². The van der Waals surface area contributed by atoms with E-state index in [1.54, 1.807) is 12.1 Å². The first-order valence-electron chi connectivity index (χ1n) is 6.78. The summed E-state index contributed by atoms with van der Waals surface area (Å²) in [4.78, 5) is 13.3. The molecule has 1 aliphatic heterocycles. The van der Waals surface area contributed by atoms with Crippen LogP contribution in [0.2, 0.25) is 15.1 Å². The zero-order valence-corrected chi connectivity index (χ0v) is 14.1. The number of benzene rings is 1. The van der Waals surface area contributed by atoms with Crippen molar-refractivity contribution in [3.05, 3.63) is 27.2 Å². The largest absolute Gasteiger partial charge is 0.364 e. The van der Waals surface area contributed by atoms with Crippen LogP contribution >= 0.6 is 34.8 Å². The number of halogens is 3. The highest BCUT2D eigenvalue weighted by Gasteiger charge is 2.27. The first-order valence-corrected chi connectivity index (χ1v) is 7.92. The lowest BCUT2D eigenvalue weighted by Gasteiger charge is -2.31. The molecule has 0 spiro atoms. The van der Waals surface area contributed by atoms with E-state index in [0.29, 0.717) is 27.3 Å². The van der Waals surface area contributed by atoms with Gasteiger partial charge in [-0.05, 0) is 26.0 Å². The van der Waals surface area contributed by atoms with E-state index in [9.17, 15) is 4.79 Å². The maximum absolute atomic E-state index is 12.2. The van der Waals surface area contributed by atoms with Gasteiger partial charge in [0.1, 0.15) is 25.3 Å². The molecule has 0 aromatic heterocycles. The molecule has 0 saturated carbocycles. The summed E-state index contributed by atoms with van der Waals surface area (Å²) < 4.78 is 5.66. The monoisotopic (exact) mass is 351 g/mol. The van der Waals surface area contributed by atoms with E-state index < -0.39 is 0 Å². The topological polar surface area (TPSA) is 42.8 Å². The molecule has 116 valence electrons. The fourth-order valence-electron chi connectivity index (χ4n) is 2.61. The summed E-state index contributed by atoms with van der Waals surface area (Å²) in [6, 6.07) is 3.10. The number of morpholine rings is 1. The van der Waals surface area contributed by atoms with Gasteiger partial charge in [0.2, 0.25) is 0 Å². The van der Waals surface area contributed by atoms with Gasteiger partial charge < -0.3 is 15.0 Å². The molecule has 1 aromatic carbocycles. The van der Waals surface area contributed by atoms with Gasteiger partial charge in [0, 0.05) is 5.02 Å². The van der Waals surface area contributed by atoms with E-state index >= 15 is 0 Å². The van der Waals surface area contributed by atoms with Crippen LogP contribution in [-0.4, -0.2) is 37.7 Å². The molecule has 0 radical (unpaired) electrons. The average Bonchev–Trinajstić information content (AvgIpc) is 2.32. The summed E-state index contributed by atoms with van der Waals surface area (Å²) in [5, 5.41) is 3.86. The molecule has 1 saturated heterocycles. The fraction of sp³-hybridized carbons (Fsp3) is 0.500. The third kappa shape index (κ3) is 4.73. The second-order valence-electron chi connectivity index (χ2n) is 5.38. The van der Waals surface area contributed by atoms with Gasteiger partial charge in [-0.25, -0.2) is 0 Å². The molecule has 1 heterocycles. The highest BCUT2D eigenvalue weighted by Crippen LogP contribution is 2.33. The van der Waals surface area contributed by atoms with E-state index in [1.807, 2.05) is 13.8 Å². The molecule has 2 rings (SSSR count). The summed E-state index contributed by atoms with van der Waals surface area (Å²) in [5.74, 6) is -0.127. The second-order valence-corrected chi connectivity index (χ2v) is 6.64. The SMILES string of the molecule is C[C@H]1C[NH+](CC(=O)Nc2c(Cl)cc(Cl)cc2Cl)C[C@H](C)O1. The predicted molar refractivity (Wildman–Crippen MR) is 85.7 cm³/mol. The molecule has 1 fully saturated rings. The molecule has 0 bridgehead atoms. The lowest BCUT2D eigenvalue weighted by Crippen LogP contribution is -3.16. The van der Waals surface area contributed by atoms with Crippen molar-refractivity contribution >= 4 is 46.4 Å². The van der Waals surface area contributed by atoms with Crippen molar-refractivity contribution in [2.75, 3.05) is 25.0 Å². The van der Waals surface area contributed by atoms with Gasteiger partial charge in [-0.15, -0.1) is 0 Å². The molecule has 2 N–H and O–H groups in total. The van der Waals surface area contributed by atoms with Crippen molar-refractivity contribution < 1.29 is 14.4 Å². The number of hydrogen-bond donors (Lipinski definition) is 2. The number of ether oxygens (including phenoxy) is 1. The smallest absolute Gasteiger partial charge is 0.279 e. The Labute approximate surface area is 139 Å². The first-order chi connectivity index (χ1) is 9.85. The Balaban J connectivity index is 1.99. The van der Waals surface area contributed by atoms with Crippen molar-refractivity contribution in [1.82, 2.24) is 0 Å². The Bertz CT molecular complexity index is 506. The summed E-state index contributed by atoms with van der Waals surface area (Å²) in [5.41, 5.74) is 0.404. The molecular weight excluding hydrogens is 335 g/mol. The van der Waals surface area contributed by atoms with E-state index in [-0.39, 0.29) is 18.1 Å². The van der Waals surface area contributed by atoms with Gasteiger partial charge >= 0.3 is 0 Å². The minimum atomic E-state index is -0.127. The molecule has 1 aliphatic rings. The van der Waals surface area contributed by atoms with Gasteiger partial charge in [-0.3, -0.25) is 4.79 Å². The zero-order valence-electron chi connectivity index (χ0n) is 11.9. The molecule has 1 amide bonds. The fourth-order valence-corrected chi connectivity index (χ4v) is 3.52. The van der Waals surface area contributed by atoms with Crippen LogP contribution in [-0.2, 0) is 9.53 Å².